The molecule has 126 valence electrons. The van der Waals surface area contributed by atoms with Crippen LogP contribution in [-0.2, 0) is 16.8 Å². The number of hydrogen-bond acceptors (Lipinski definition) is 2. The molecule has 3 nitrogen and oxygen atoms in total. The molecule has 0 spiro atoms. The van der Waals surface area contributed by atoms with Gasteiger partial charge >= 0.3 is 0 Å². The van der Waals surface area contributed by atoms with Crippen LogP contribution in [0.2, 0.25) is 0 Å². The summed E-state index contributed by atoms with van der Waals surface area (Å²) in [5.41, 5.74) is 2.69. The zero-order valence-electron chi connectivity index (χ0n) is 14.7. The number of carbonyl (C=O) groups excluding carboxylic acids is 1. The standard InChI is InChI=1S/C20H30N2O/c1-20(2,3)16-6-4-14(5-7-16)13-21-19(23)12-15-10-17-8-9-18(11-15)22-17/h4-7,15,17-18,22H,8-13H2,1-3H3,(H,21,23). The molecule has 2 aliphatic rings. The van der Waals surface area contributed by atoms with Crippen LogP contribution in [0.25, 0.3) is 0 Å². The van der Waals surface area contributed by atoms with Crippen LogP contribution in [0.5, 0.6) is 0 Å². The Kier molecular flexibility index (Phi) is 4.77. The molecule has 2 N–H and O–H groups in total. The van der Waals surface area contributed by atoms with Gasteiger partial charge in [0.2, 0.25) is 5.91 Å². The normalized spacial score (nSPS) is 27.0. The Labute approximate surface area is 140 Å². The summed E-state index contributed by atoms with van der Waals surface area (Å²) in [5.74, 6) is 0.771. The quantitative estimate of drug-likeness (QED) is 0.893. The van der Waals surface area contributed by atoms with Gasteiger partial charge in [0.05, 0.1) is 0 Å². The lowest BCUT2D eigenvalue weighted by Crippen LogP contribution is -2.39. The van der Waals surface area contributed by atoms with Crippen LogP contribution in [0.15, 0.2) is 24.3 Å². The zero-order valence-corrected chi connectivity index (χ0v) is 14.7. The molecule has 1 aromatic carbocycles. The van der Waals surface area contributed by atoms with Gasteiger partial charge in [-0.3, -0.25) is 4.79 Å². The first kappa shape index (κ1) is 16.5. The van der Waals surface area contributed by atoms with Crippen molar-refractivity contribution in [1.29, 1.82) is 0 Å². The molecule has 0 aliphatic carbocycles. The van der Waals surface area contributed by atoms with E-state index in [-0.39, 0.29) is 11.3 Å². The maximum Gasteiger partial charge on any atom is 0.220 e. The van der Waals surface area contributed by atoms with E-state index >= 15 is 0 Å². The highest BCUT2D eigenvalue weighted by Crippen LogP contribution is 2.32. The predicted molar refractivity (Wildman–Crippen MR) is 94.3 cm³/mol. The van der Waals surface area contributed by atoms with Gasteiger partial charge in [-0.25, -0.2) is 0 Å². The minimum atomic E-state index is 0.177. The Hall–Kier alpha value is -1.35. The Morgan fingerprint density at radius 3 is 2.30 bits per heavy atom. The first-order valence-corrected chi connectivity index (χ1v) is 9.02. The minimum absolute atomic E-state index is 0.177. The van der Waals surface area contributed by atoms with Crippen LogP contribution in [0.4, 0.5) is 0 Å². The van der Waals surface area contributed by atoms with Crippen molar-refractivity contribution < 1.29 is 4.79 Å². The van der Waals surface area contributed by atoms with E-state index in [0.717, 1.165) is 0 Å². The largest absolute Gasteiger partial charge is 0.352 e. The zero-order chi connectivity index (χ0) is 16.4. The number of piperidine rings is 1. The van der Waals surface area contributed by atoms with Gasteiger partial charge in [-0.15, -0.1) is 0 Å². The summed E-state index contributed by atoms with van der Waals surface area (Å²) in [6, 6.07) is 9.93. The second-order valence-corrected chi connectivity index (χ2v) is 8.40. The maximum atomic E-state index is 12.2. The molecule has 2 saturated heterocycles. The lowest BCUT2D eigenvalue weighted by Gasteiger charge is -2.28. The highest BCUT2D eigenvalue weighted by atomic mass is 16.1. The SMILES string of the molecule is CC(C)(C)c1ccc(CNC(=O)CC2CC3CCC(C2)N3)cc1. The topological polar surface area (TPSA) is 41.1 Å². The lowest BCUT2D eigenvalue weighted by molar-refractivity contribution is -0.122. The van der Waals surface area contributed by atoms with Crippen molar-refractivity contribution in [2.75, 3.05) is 0 Å². The molecule has 0 saturated carbocycles. The van der Waals surface area contributed by atoms with Crippen LogP contribution in [0.1, 0.15) is 64.0 Å². The fourth-order valence-electron chi connectivity index (χ4n) is 4.00. The Bertz CT molecular complexity index is 532. The average Bonchev–Trinajstić information content (AvgIpc) is 2.83. The number of fused-ring (bicyclic) bond motifs is 2. The Balaban J connectivity index is 1.45. The Morgan fingerprint density at radius 1 is 1.13 bits per heavy atom. The third-order valence-corrected chi connectivity index (χ3v) is 5.35. The van der Waals surface area contributed by atoms with E-state index < -0.39 is 0 Å². The molecule has 1 amide bonds. The van der Waals surface area contributed by atoms with Crippen molar-refractivity contribution >= 4 is 5.91 Å². The van der Waals surface area contributed by atoms with Crippen molar-refractivity contribution in [3.05, 3.63) is 35.4 Å². The lowest BCUT2D eigenvalue weighted by atomic mass is 9.87. The number of hydrogen-bond donors (Lipinski definition) is 2. The monoisotopic (exact) mass is 314 g/mol. The molecule has 3 rings (SSSR count). The van der Waals surface area contributed by atoms with Gasteiger partial charge in [0.25, 0.3) is 0 Å². The summed E-state index contributed by atoms with van der Waals surface area (Å²) < 4.78 is 0. The number of amides is 1. The fourth-order valence-corrected chi connectivity index (χ4v) is 4.00. The second kappa shape index (κ2) is 6.64. The summed E-state index contributed by atoms with van der Waals surface area (Å²) in [4.78, 5) is 12.2. The molecule has 0 radical (unpaired) electrons. The highest BCUT2D eigenvalue weighted by molar-refractivity contribution is 5.76. The molecule has 2 fully saturated rings. The van der Waals surface area contributed by atoms with Crippen molar-refractivity contribution in [2.24, 2.45) is 5.92 Å². The van der Waals surface area contributed by atoms with E-state index in [1.54, 1.807) is 0 Å². The summed E-state index contributed by atoms with van der Waals surface area (Å²) >= 11 is 0. The van der Waals surface area contributed by atoms with Gasteiger partial charge in [0, 0.05) is 25.0 Å². The van der Waals surface area contributed by atoms with Crippen LogP contribution in [0.3, 0.4) is 0 Å². The molecule has 1 aromatic rings. The molecular weight excluding hydrogens is 284 g/mol. The van der Waals surface area contributed by atoms with Crippen LogP contribution in [-0.4, -0.2) is 18.0 Å². The van der Waals surface area contributed by atoms with Gasteiger partial charge in [0.15, 0.2) is 0 Å². The van der Waals surface area contributed by atoms with Gasteiger partial charge in [-0.1, -0.05) is 45.0 Å². The van der Waals surface area contributed by atoms with Crippen molar-refractivity contribution in [1.82, 2.24) is 10.6 Å². The number of carbonyl (C=O) groups is 1. The molecule has 3 heteroatoms. The predicted octanol–water partition coefficient (Wildman–Crippen LogP) is 3.52. The van der Waals surface area contributed by atoms with E-state index in [4.69, 9.17) is 0 Å². The van der Waals surface area contributed by atoms with Crippen LogP contribution >= 0.6 is 0 Å². The molecule has 2 atom stereocenters. The third kappa shape index (κ3) is 4.35. The summed E-state index contributed by atoms with van der Waals surface area (Å²) in [6.07, 6.45) is 5.62. The number of rotatable bonds is 4. The highest BCUT2D eigenvalue weighted by Gasteiger charge is 2.34. The molecule has 2 aliphatic heterocycles. The van der Waals surface area contributed by atoms with Crippen molar-refractivity contribution in [3.63, 3.8) is 0 Å². The number of benzene rings is 1. The van der Waals surface area contributed by atoms with E-state index in [1.165, 1.54) is 36.8 Å². The van der Waals surface area contributed by atoms with Gasteiger partial charge < -0.3 is 10.6 Å². The van der Waals surface area contributed by atoms with E-state index in [0.29, 0.717) is 31.0 Å². The molecule has 0 aromatic heterocycles. The van der Waals surface area contributed by atoms with Gasteiger partial charge in [0.1, 0.15) is 0 Å². The smallest absolute Gasteiger partial charge is 0.220 e. The molecule has 2 bridgehead atoms. The van der Waals surface area contributed by atoms with Gasteiger partial charge in [-0.2, -0.15) is 0 Å². The average molecular weight is 314 g/mol. The van der Waals surface area contributed by atoms with Crippen molar-refractivity contribution in [3.8, 4) is 0 Å². The minimum Gasteiger partial charge on any atom is -0.352 e. The summed E-state index contributed by atoms with van der Waals surface area (Å²) in [5, 5.41) is 6.73. The molecule has 2 unspecified atom stereocenters. The van der Waals surface area contributed by atoms with E-state index in [9.17, 15) is 4.79 Å². The van der Waals surface area contributed by atoms with Crippen LogP contribution < -0.4 is 10.6 Å². The maximum absolute atomic E-state index is 12.2. The summed E-state index contributed by atoms with van der Waals surface area (Å²) in [6.45, 7) is 7.29. The van der Waals surface area contributed by atoms with Crippen LogP contribution in [0, 0.1) is 5.92 Å². The number of nitrogens with one attached hydrogen (secondary N) is 2. The second-order valence-electron chi connectivity index (χ2n) is 8.40. The first-order chi connectivity index (χ1) is 10.9. The fraction of sp³-hybridized carbons (Fsp3) is 0.650. The molecule has 2 heterocycles. The molecule has 23 heavy (non-hydrogen) atoms. The van der Waals surface area contributed by atoms with Crippen molar-refractivity contribution in [2.45, 2.75) is 76.9 Å². The Morgan fingerprint density at radius 2 is 1.74 bits per heavy atom. The van der Waals surface area contributed by atoms with E-state index in [2.05, 4.69) is 55.7 Å². The third-order valence-electron chi connectivity index (χ3n) is 5.35. The van der Waals surface area contributed by atoms with Gasteiger partial charge in [-0.05, 0) is 48.1 Å². The first-order valence-electron chi connectivity index (χ1n) is 9.02. The molecular formula is C20H30N2O. The summed E-state index contributed by atoms with van der Waals surface area (Å²) in [7, 11) is 0. The van der Waals surface area contributed by atoms with E-state index in [1.807, 2.05) is 0 Å².